The average Bonchev–Trinajstić information content (AvgIpc) is 2.38. The van der Waals surface area contributed by atoms with Gasteiger partial charge in [0.1, 0.15) is 5.82 Å². The molecular formula is C13H15N3. The zero-order chi connectivity index (χ0) is 11.2. The molecule has 0 saturated carbocycles. The van der Waals surface area contributed by atoms with Gasteiger partial charge in [0.05, 0.1) is 11.9 Å². The number of hydrogen-bond donors (Lipinski definition) is 2. The predicted octanol–water partition coefficient (Wildman–Crippen LogP) is 2.74. The van der Waals surface area contributed by atoms with Gasteiger partial charge < -0.3 is 10.6 Å². The van der Waals surface area contributed by atoms with E-state index in [0.29, 0.717) is 0 Å². The molecule has 1 aromatic heterocycles. The lowest BCUT2D eigenvalue weighted by atomic mass is 10.2. The Morgan fingerprint density at radius 2 is 1.88 bits per heavy atom. The van der Waals surface area contributed by atoms with Gasteiger partial charge in [-0.1, -0.05) is 30.3 Å². The van der Waals surface area contributed by atoms with Crippen molar-refractivity contribution in [3.05, 3.63) is 54.2 Å². The molecule has 3 nitrogen and oxygen atoms in total. The van der Waals surface area contributed by atoms with E-state index in [9.17, 15) is 0 Å². The Hall–Kier alpha value is -2.03. The molecular weight excluding hydrogens is 198 g/mol. The second-order valence-electron chi connectivity index (χ2n) is 3.52. The van der Waals surface area contributed by atoms with Crippen LogP contribution in [-0.4, -0.2) is 12.0 Å². The Morgan fingerprint density at radius 1 is 1.06 bits per heavy atom. The Kier molecular flexibility index (Phi) is 3.38. The smallest absolute Gasteiger partial charge is 0.126 e. The summed E-state index contributed by atoms with van der Waals surface area (Å²) < 4.78 is 0. The van der Waals surface area contributed by atoms with Gasteiger partial charge in [-0.3, -0.25) is 0 Å². The van der Waals surface area contributed by atoms with Crippen LogP contribution in [0.5, 0.6) is 0 Å². The maximum absolute atomic E-state index is 4.29. The molecule has 2 aromatic rings. The number of rotatable bonds is 4. The van der Waals surface area contributed by atoms with E-state index in [1.165, 1.54) is 5.56 Å². The highest BCUT2D eigenvalue weighted by atomic mass is 15.0. The predicted molar refractivity (Wildman–Crippen MR) is 67.6 cm³/mol. The van der Waals surface area contributed by atoms with E-state index in [0.717, 1.165) is 18.1 Å². The number of hydrogen-bond acceptors (Lipinski definition) is 3. The van der Waals surface area contributed by atoms with E-state index in [2.05, 4.69) is 27.8 Å². The lowest BCUT2D eigenvalue weighted by Crippen LogP contribution is -2.01. The van der Waals surface area contributed by atoms with Crippen molar-refractivity contribution in [2.45, 2.75) is 6.54 Å². The van der Waals surface area contributed by atoms with E-state index in [4.69, 9.17) is 0 Å². The first-order valence-corrected chi connectivity index (χ1v) is 5.30. The monoisotopic (exact) mass is 213 g/mol. The summed E-state index contributed by atoms with van der Waals surface area (Å²) >= 11 is 0. The summed E-state index contributed by atoms with van der Waals surface area (Å²) in [4.78, 5) is 4.29. The molecule has 0 spiro atoms. The second kappa shape index (κ2) is 5.16. The summed E-state index contributed by atoms with van der Waals surface area (Å²) in [5, 5.41) is 6.31. The van der Waals surface area contributed by atoms with Crippen LogP contribution in [0.4, 0.5) is 11.5 Å². The molecule has 0 aliphatic heterocycles. The van der Waals surface area contributed by atoms with Crippen molar-refractivity contribution >= 4 is 11.5 Å². The van der Waals surface area contributed by atoms with Crippen LogP contribution in [0.2, 0.25) is 0 Å². The molecule has 16 heavy (non-hydrogen) atoms. The van der Waals surface area contributed by atoms with Crippen LogP contribution < -0.4 is 10.6 Å². The summed E-state index contributed by atoms with van der Waals surface area (Å²) in [5.41, 5.74) is 2.27. The first kappa shape index (κ1) is 10.5. The Bertz CT molecular complexity index is 423. The summed E-state index contributed by atoms with van der Waals surface area (Å²) in [6, 6.07) is 14.2. The highest BCUT2D eigenvalue weighted by Crippen LogP contribution is 2.09. The van der Waals surface area contributed by atoms with E-state index < -0.39 is 0 Å². The summed E-state index contributed by atoms with van der Waals surface area (Å²) in [6.45, 7) is 0.798. The van der Waals surface area contributed by atoms with E-state index in [-0.39, 0.29) is 0 Å². The Labute approximate surface area is 95.5 Å². The van der Waals surface area contributed by atoms with E-state index in [1.807, 2.05) is 43.6 Å². The SMILES string of the molecule is CNc1ccc(NCc2ccccc2)nc1. The van der Waals surface area contributed by atoms with Crippen molar-refractivity contribution < 1.29 is 0 Å². The first-order chi connectivity index (χ1) is 7.88. The molecule has 1 aromatic carbocycles. The molecule has 0 saturated heterocycles. The second-order valence-corrected chi connectivity index (χ2v) is 3.52. The van der Waals surface area contributed by atoms with Gasteiger partial charge in [0.25, 0.3) is 0 Å². The topological polar surface area (TPSA) is 37.0 Å². The first-order valence-electron chi connectivity index (χ1n) is 5.30. The quantitative estimate of drug-likeness (QED) is 0.820. The minimum atomic E-state index is 0.798. The van der Waals surface area contributed by atoms with Crippen molar-refractivity contribution in [1.82, 2.24) is 4.98 Å². The molecule has 0 amide bonds. The third kappa shape index (κ3) is 2.73. The number of nitrogens with one attached hydrogen (secondary N) is 2. The van der Waals surface area contributed by atoms with Gasteiger partial charge in [-0.05, 0) is 17.7 Å². The third-order valence-electron chi connectivity index (χ3n) is 2.37. The summed E-state index contributed by atoms with van der Waals surface area (Å²) in [6.07, 6.45) is 1.81. The van der Waals surface area contributed by atoms with Gasteiger partial charge >= 0.3 is 0 Å². The molecule has 82 valence electrons. The van der Waals surface area contributed by atoms with Crippen LogP contribution in [-0.2, 0) is 6.54 Å². The molecule has 0 atom stereocenters. The lowest BCUT2D eigenvalue weighted by Gasteiger charge is -2.06. The number of pyridine rings is 1. The van der Waals surface area contributed by atoms with Gasteiger partial charge in [-0.15, -0.1) is 0 Å². The maximum atomic E-state index is 4.29. The molecule has 2 rings (SSSR count). The normalized spacial score (nSPS) is 9.81. The largest absolute Gasteiger partial charge is 0.387 e. The highest BCUT2D eigenvalue weighted by Gasteiger charge is 1.94. The van der Waals surface area contributed by atoms with Crippen LogP contribution in [0.3, 0.4) is 0 Å². The van der Waals surface area contributed by atoms with Crippen molar-refractivity contribution in [2.75, 3.05) is 17.7 Å². The van der Waals surface area contributed by atoms with Crippen LogP contribution >= 0.6 is 0 Å². The van der Waals surface area contributed by atoms with Gasteiger partial charge in [-0.2, -0.15) is 0 Å². The van der Waals surface area contributed by atoms with Crippen LogP contribution in [0.15, 0.2) is 48.7 Å². The fraction of sp³-hybridized carbons (Fsp3) is 0.154. The molecule has 0 aliphatic carbocycles. The van der Waals surface area contributed by atoms with Crippen LogP contribution in [0, 0.1) is 0 Å². The molecule has 0 bridgehead atoms. The fourth-order valence-electron chi connectivity index (χ4n) is 1.43. The van der Waals surface area contributed by atoms with Gasteiger partial charge in [0, 0.05) is 13.6 Å². The molecule has 3 heteroatoms. The van der Waals surface area contributed by atoms with Gasteiger partial charge in [0.15, 0.2) is 0 Å². The lowest BCUT2D eigenvalue weighted by molar-refractivity contribution is 1.11. The zero-order valence-corrected chi connectivity index (χ0v) is 9.27. The van der Waals surface area contributed by atoms with Crippen LogP contribution in [0.1, 0.15) is 5.56 Å². The molecule has 0 fully saturated rings. The molecule has 0 aliphatic rings. The Balaban J connectivity index is 1.94. The van der Waals surface area contributed by atoms with E-state index in [1.54, 1.807) is 0 Å². The van der Waals surface area contributed by atoms with Crippen molar-refractivity contribution in [1.29, 1.82) is 0 Å². The number of benzene rings is 1. The molecule has 0 radical (unpaired) electrons. The highest BCUT2D eigenvalue weighted by molar-refractivity contribution is 5.46. The standard InChI is InChI=1S/C13H15N3/c1-14-12-7-8-13(16-10-12)15-9-11-5-3-2-4-6-11/h2-8,10,14H,9H2,1H3,(H,15,16). The number of nitrogens with zero attached hydrogens (tertiary/aromatic N) is 1. The molecule has 2 N–H and O–H groups in total. The third-order valence-corrected chi connectivity index (χ3v) is 2.37. The molecule has 0 unspecified atom stereocenters. The Morgan fingerprint density at radius 3 is 2.50 bits per heavy atom. The summed E-state index contributed by atoms with van der Waals surface area (Å²) in [5.74, 6) is 0.892. The number of anilines is 2. The maximum Gasteiger partial charge on any atom is 0.126 e. The van der Waals surface area contributed by atoms with Gasteiger partial charge in [-0.25, -0.2) is 4.98 Å². The number of aromatic nitrogens is 1. The van der Waals surface area contributed by atoms with Crippen molar-refractivity contribution in [2.24, 2.45) is 0 Å². The van der Waals surface area contributed by atoms with Crippen molar-refractivity contribution in [3.63, 3.8) is 0 Å². The molecule has 1 heterocycles. The zero-order valence-electron chi connectivity index (χ0n) is 9.27. The minimum Gasteiger partial charge on any atom is -0.387 e. The average molecular weight is 213 g/mol. The summed E-state index contributed by atoms with van der Waals surface area (Å²) in [7, 11) is 1.88. The van der Waals surface area contributed by atoms with Gasteiger partial charge in [0.2, 0.25) is 0 Å². The minimum absolute atomic E-state index is 0.798. The van der Waals surface area contributed by atoms with Crippen LogP contribution in [0.25, 0.3) is 0 Å². The van der Waals surface area contributed by atoms with E-state index >= 15 is 0 Å². The fourth-order valence-corrected chi connectivity index (χ4v) is 1.43. The van der Waals surface area contributed by atoms with Crippen molar-refractivity contribution in [3.8, 4) is 0 Å².